The van der Waals surface area contributed by atoms with Gasteiger partial charge in [-0.3, -0.25) is 4.79 Å². The summed E-state index contributed by atoms with van der Waals surface area (Å²) in [6.07, 6.45) is 1.61. The Morgan fingerprint density at radius 2 is 1.74 bits per heavy atom. The first-order chi connectivity index (χ1) is 13.2. The lowest BCUT2D eigenvalue weighted by molar-refractivity contribution is -0.116. The molecular formula is C22H16N4O. The van der Waals surface area contributed by atoms with Crippen molar-refractivity contribution in [1.82, 2.24) is 9.55 Å². The standard InChI is InChI=1S/C22H16N4O/c23-13-16-6-11-20-21(12-16)26(15-24-20)14-22(27)25-19-9-7-18(8-10-19)17-4-2-1-3-5-17/h1-12,15H,14H2,(H,25,27). The monoisotopic (exact) mass is 352 g/mol. The number of nitrogens with one attached hydrogen (secondary N) is 1. The molecule has 1 heterocycles. The first kappa shape index (κ1) is 16.6. The fraction of sp³-hybridized carbons (Fsp3) is 0.0455. The van der Waals surface area contributed by atoms with Gasteiger partial charge in [0, 0.05) is 5.69 Å². The third-order valence-electron chi connectivity index (χ3n) is 4.34. The van der Waals surface area contributed by atoms with E-state index in [-0.39, 0.29) is 12.5 Å². The van der Waals surface area contributed by atoms with Crippen LogP contribution in [-0.4, -0.2) is 15.5 Å². The first-order valence-electron chi connectivity index (χ1n) is 8.53. The number of carbonyl (C=O) groups is 1. The number of rotatable bonds is 4. The molecule has 3 aromatic carbocycles. The molecule has 1 amide bonds. The molecule has 0 saturated heterocycles. The quantitative estimate of drug-likeness (QED) is 0.598. The number of aromatic nitrogens is 2. The highest BCUT2D eigenvalue weighted by Gasteiger charge is 2.09. The van der Waals surface area contributed by atoms with E-state index in [4.69, 9.17) is 5.26 Å². The molecule has 0 aliphatic heterocycles. The van der Waals surface area contributed by atoms with Gasteiger partial charge in [-0.1, -0.05) is 42.5 Å². The van der Waals surface area contributed by atoms with Crippen LogP contribution in [0.3, 0.4) is 0 Å². The molecule has 5 nitrogen and oxygen atoms in total. The summed E-state index contributed by atoms with van der Waals surface area (Å²) in [6.45, 7) is 0.131. The summed E-state index contributed by atoms with van der Waals surface area (Å²) in [4.78, 5) is 16.7. The second-order valence-corrected chi connectivity index (χ2v) is 6.18. The van der Waals surface area contributed by atoms with E-state index in [1.165, 1.54) is 0 Å². The fourth-order valence-corrected chi connectivity index (χ4v) is 2.98. The Bertz CT molecular complexity index is 1140. The Kier molecular flexibility index (Phi) is 4.38. The van der Waals surface area contributed by atoms with Gasteiger partial charge in [0.15, 0.2) is 0 Å². The predicted molar refractivity (Wildman–Crippen MR) is 105 cm³/mol. The molecule has 0 saturated carbocycles. The van der Waals surface area contributed by atoms with E-state index in [0.717, 1.165) is 27.8 Å². The van der Waals surface area contributed by atoms with Gasteiger partial charge in [0.05, 0.1) is 29.0 Å². The summed E-state index contributed by atoms with van der Waals surface area (Å²) in [5.74, 6) is -0.149. The molecule has 0 bridgehead atoms. The first-order valence-corrected chi connectivity index (χ1v) is 8.53. The summed E-state index contributed by atoms with van der Waals surface area (Å²) >= 11 is 0. The maximum Gasteiger partial charge on any atom is 0.244 e. The lowest BCUT2D eigenvalue weighted by Crippen LogP contribution is -2.18. The van der Waals surface area contributed by atoms with E-state index >= 15 is 0 Å². The summed E-state index contributed by atoms with van der Waals surface area (Å²) in [7, 11) is 0. The number of hydrogen-bond donors (Lipinski definition) is 1. The van der Waals surface area contributed by atoms with Gasteiger partial charge < -0.3 is 9.88 Å². The number of amides is 1. The average molecular weight is 352 g/mol. The maximum absolute atomic E-state index is 12.4. The number of imidazole rings is 1. The number of hydrogen-bond acceptors (Lipinski definition) is 3. The van der Waals surface area contributed by atoms with E-state index in [1.54, 1.807) is 29.1 Å². The van der Waals surface area contributed by atoms with Crippen molar-refractivity contribution in [3.05, 3.63) is 84.7 Å². The molecule has 0 aliphatic rings. The van der Waals surface area contributed by atoms with Crippen molar-refractivity contribution in [2.24, 2.45) is 0 Å². The summed E-state index contributed by atoms with van der Waals surface area (Å²) in [5.41, 5.74) is 5.03. The van der Waals surface area contributed by atoms with E-state index in [0.29, 0.717) is 5.56 Å². The fourth-order valence-electron chi connectivity index (χ4n) is 2.98. The van der Waals surface area contributed by atoms with Crippen LogP contribution in [0.25, 0.3) is 22.2 Å². The van der Waals surface area contributed by atoms with Gasteiger partial charge >= 0.3 is 0 Å². The molecule has 4 rings (SSSR count). The zero-order chi connectivity index (χ0) is 18.6. The third-order valence-corrected chi connectivity index (χ3v) is 4.34. The maximum atomic E-state index is 12.4. The van der Waals surface area contributed by atoms with Crippen LogP contribution in [0.1, 0.15) is 5.56 Å². The van der Waals surface area contributed by atoms with Crippen LogP contribution in [0.15, 0.2) is 79.1 Å². The molecule has 0 unspecified atom stereocenters. The van der Waals surface area contributed by atoms with Gasteiger partial charge in [-0.25, -0.2) is 4.98 Å². The Balaban J connectivity index is 1.48. The number of benzene rings is 3. The smallest absolute Gasteiger partial charge is 0.244 e. The molecule has 0 atom stereocenters. The topological polar surface area (TPSA) is 70.7 Å². The van der Waals surface area contributed by atoms with E-state index < -0.39 is 0 Å². The Hall–Kier alpha value is -3.91. The SMILES string of the molecule is N#Cc1ccc2ncn(CC(=O)Nc3ccc(-c4ccccc4)cc3)c2c1. The second kappa shape index (κ2) is 7.14. The molecule has 27 heavy (non-hydrogen) atoms. The van der Waals surface area contributed by atoms with Crippen molar-refractivity contribution in [3.8, 4) is 17.2 Å². The lowest BCUT2D eigenvalue weighted by Gasteiger charge is -2.08. The van der Waals surface area contributed by atoms with Crippen molar-refractivity contribution in [2.45, 2.75) is 6.54 Å². The highest BCUT2D eigenvalue weighted by Crippen LogP contribution is 2.21. The zero-order valence-electron chi connectivity index (χ0n) is 14.5. The Labute approximate surface area is 156 Å². The van der Waals surface area contributed by atoms with E-state index in [2.05, 4.69) is 16.4 Å². The van der Waals surface area contributed by atoms with Crippen molar-refractivity contribution in [1.29, 1.82) is 5.26 Å². The highest BCUT2D eigenvalue weighted by molar-refractivity contribution is 5.92. The largest absolute Gasteiger partial charge is 0.325 e. The Morgan fingerprint density at radius 1 is 1.00 bits per heavy atom. The minimum absolute atomic E-state index is 0.131. The van der Waals surface area contributed by atoms with Crippen LogP contribution >= 0.6 is 0 Å². The van der Waals surface area contributed by atoms with E-state index in [1.807, 2.05) is 54.6 Å². The molecule has 4 aromatic rings. The molecule has 1 N–H and O–H groups in total. The molecule has 0 fully saturated rings. The number of nitriles is 1. The molecular weight excluding hydrogens is 336 g/mol. The number of nitrogens with zero attached hydrogens (tertiary/aromatic N) is 3. The molecule has 1 aromatic heterocycles. The van der Waals surface area contributed by atoms with Crippen LogP contribution in [-0.2, 0) is 11.3 Å². The molecule has 0 spiro atoms. The molecule has 130 valence electrons. The highest BCUT2D eigenvalue weighted by atomic mass is 16.1. The van der Waals surface area contributed by atoms with Crippen LogP contribution < -0.4 is 5.32 Å². The van der Waals surface area contributed by atoms with Crippen molar-refractivity contribution < 1.29 is 4.79 Å². The van der Waals surface area contributed by atoms with Crippen LogP contribution in [0.2, 0.25) is 0 Å². The van der Waals surface area contributed by atoms with Gasteiger partial charge in [0.25, 0.3) is 0 Å². The van der Waals surface area contributed by atoms with Gasteiger partial charge in [0.1, 0.15) is 6.54 Å². The van der Waals surface area contributed by atoms with Crippen molar-refractivity contribution in [3.63, 3.8) is 0 Å². The van der Waals surface area contributed by atoms with Crippen LogP contribution in [0.4, 0.5) is 5.69 Å². The van der Waals surface area contributed by atoms with Crippen molar-refractivity contribution >= 4 is 22.6 Å². The van der Waals surface area contributed by atoms with Gasteiger partial charge in [-0.2, -0.15) is 5.26 Å². The van der Waals surface area contributed by atoms with E-state index in [9.17, 15) is 4.79 Å². The van der Waals surface area contributed by atoms with Gasteiger partial charge in [-0.15, -0.1) is 0 Å². The normalized spacial score (nSPS) is 10.5. The molecule has 0 aliphatic carbocycles. The summed E-state index contributed by atoms with van der Waals surface area (Å²) < 4.78 is 1.74. The third kappa shape index (κ3) is 3.55. The molecule has 0 radical (unpaired) electrons. The number of anilines is 1. The van der Waals surface area contributed by atoms with Gasteiger partial charge in [0.2, 0.25) is 5.91 Å². The van der Waals surface area contributed by atoms with Gasteiger partial charge in [-0.05, 0) is 41.5 Å². The molecule has 5 heteroatoms. The number of fused-ring (bicyclic) bond motifs is 1. The second-order valence-electron chi connectivity index (χ2n) is 6.18. The van der Waals surface area contributed by atoms with Crippen LogP contribution in [0.5, 0.6) is 0 Å². The van der Waals surface area contributed by atoms with Crippen LogP contribution in [0, 0.1) is 11.3 Å². The minimum atomic E-state index is -0.149. The summed E-state index contributed by atoms with van der Waals surface area (Å²) in [5, 5.41) is 11.9. The average Bonchev–Trinajstić information content (AvgIpc) is 3.11. The lowest BCUT2D eigenvalue weighted by atomic mass is 10.1. The zero-order valence-corrected chi connectivity index (χ0v) is 14.5. The minimum Gasteiger partial charge on any atom is -0.325 e. The summed E-state index contributed by atoms with van der Waals surface area (Å²) in [6, 6.07) is 25.2. The number of carbonyl (C=O) groups excluding carboxylic acids is 1. The Morgan fingerprint density at radius 3 is 2.48 bits per heavy atom. The van der Waals surface area contributed by atoms with Crippen molar-refractivity contribution in [2.75, 3.05) is 5.32 Å². The predicted octanol–water partition coefficient (Wildman–Crippen LogP) is 4.21.